The van der Waals surface area contributed by atoms with Crippen molar-refractivity contribution in [2.45, 2.75) is 12.6 Å². The van der Waals surface area contributed by atoms with Gasteiger partial charge in [0, 0.05) is 14.5 Å². The fourth-order valence-corrected chi connectivity index (χ4v) is 3.38. The summed E-state index contributed by atoms with van der Waals surface area (Å²) in [5.41, 5.74) is 0.815. The molecule has 2 heterocycles. The van der Waals surface area contributed by atoms with Crippen LogP contribution in [0.5, 0.6) is 5.75 Å². The average Bonchev–Trinajstić information content (AvgIpc) is 3.13. The number of carbonyl (C=O) groups excluding carboxylic acids is 1. The van der Waals surface area contributed by atoms with E-state index < -0.39 is 0 Å². The lowest BCUT2D eigenvalue weighted by Crippen LogP contribution is -2.58. The Hall–Kier alpha value is -2.39. The molecule has 0 atom stereocenters. The van der Waals surface area contributed by atoms with Crippen molar-refractivity contribution in [3.05, 3.63) is 63.3 Å². The Morgan fingerprint density at radius 1 is 1.18 bits per heavy atom. The molecule has 7 nitrogen and oxygen atoms in total. The van der Waals surface area contributed by atoms with Crippen LogP contribution in [0.3, 0.4) is 0 Å². The SMILES string of the molecule is O=C(NCc1noc(-c2cccc(Br)c2)n1)N1CC(Oc2ccc(Br)cc2)C1. The Bertz CT molecular complexity index is 971. The first-order chi connectivity index (χ1) is 13.6. The molecule has 0 saturated carbocycles. The topological polar surface area (TPSA) is 80.5 Å². The smallest absolute Gasteiger partial charge is 0.318 e. The van der Waals surface area contributed by atoms with E-state index in [0.29, 0.717) is 24.8 Å². The average molecular weight is 508 g/mol. The van der Waals surface area contributed by atoms with Gasteiger partial charge in [0.25, 0.3) is 5.89 Å². The van der Waals surface area contributed by atoms with Crippen molar-refractivity contribution in [2.75, 3.05) is 13.1 Å². The number of benzene rings is 2. The van der Waals surface area contributed by atoms with E-state index in [1.807, 2.05) is 48.5 Å². The fourth-order valence-electron chi connectivity index (χ4n) is 2.72. The third-order valence-corrected chi connectivity index (χ3v) is 5.21. The molecule has 1 aromatic heterocycles. The van der Waals surface area contributed by atoms with Crippen molar-refractivity contribution < 1.29 is 14.1 Å². The van der Waals surface area contributed by atoms with E-state index in [-0.39, 0.29) is 18.7 Å². The predicted molar refractivity (Wildman–Crippen MR) is 110 cm³/mol. The number of nitrogens with zero attached hydrogens (tertiary/aromatic N) is 3. The molecule has 0 unspecified atom stereocenters. The standard InChI is InChI=1S/C19H16Br2N4O3/c20-13-4-6-15(7-5-13)27-16-10-25(11-16)19(26)22-9-17-23-18(28-24-17)12-2-1-3-14(21)8-12/h1-8,16H,9-11H2,(H,22,26). The van der Waals surface area contributed by atoms with Crippen LogP contribution >= 0.6 is 31.9 Å². The summed E-state index contributed by atoms with van der Waals surface area (Å²) in [5.74, 6) is 1.63. The molecule has 1 aliphatic rings. The highest BCUT2D eigenvalue weighted by molar-refractivity contribution is 9.10. The highest BCUT2D eigenvalue weighted by Crippen LogP contribution is 2.22. The normalized spacial score (nSPS) is 13.9. The molecule has 144 valence electrons. The van der Waals surface area contributed by atoms with Gasteiger partial charge in [0.05, 0.1) is 19.6 Å². The maximum Gasteiger partial charge on any atom is 0.318 e. The summed E-state index contributed by atoms with van der Waals surface area (Å²) in [6, 6.07) is 15.0. The van der Waals surface area contributed by atoms with Gasteiger partial charge in [-0.1, -0.05) is 43.1 Å². The number of rotatable bonds is 5. The predicted octanol–water partition coefficient (Wildman–Crippen LogP) is 4.23. The molecule has 1 aliphatic heterocycles. The van der Waals surface area contributed by atoms with E-state index in [1.165, 1.54) is 0 Å². The van der Waals surface area contributed by atoms with Crippen LogP contribution in [0.2, 0.25) is 0 Å². The number of carbonyl (C=O) groups is 1. The molecule has 1 N–H and O–H groups in total. The quantitative estimate of drug-likeness (QED) is 0.558. The van der Waals surface area contributed by atoms with Crippen LogP contribution in [0.4, 0.5) is 4.79 Å². The zero-order valence-corrected chi connectivity index (χ0v) is 17.8. The Morgan fingerprint density at radius 2 is 1.96 bits per heavy atom. The number of likely N-dealkylation sites (tertiary alicyclic amines) is 1. The van der Waals surface area contributed by atoms with Crippen LogP contribution < -0.4 is 10.1 Å². The summed E-state index contributed by atoms with van der Waals surface area (Å²) in [5, 5.41) is 6.71. The van der Waals surface area contributed by atoms with E-state index in [9.17, 15) is 4.79 Å². The molecule has 0 radical (unpaired) electrons. The monoisotopic (exact) mass is 506 g/mol. The Balaban J connectivity index is 1.24. The van der Waals surface area contributed by atoms with Crippen molar-refractivity contribution in [3.8, 4) is 17.2 Å². The zero-order valence-electron chi connectivity index (χ0n) is 14.6. The molecule has 1 fully saturated rings. The second-order valence-electron chi connectivity index (χ2n) is 6.28. The lowest BCUT2D eigenvalue weighted by Gasteiger charge is -2.38. The van der Waals surface area contributed by atoms with Crippen molar-refractivity contribution >= 4 is 37.9 Å². The number of ether oxygens (including phenoxy) is 1. The van der Waals surface area contributed by atoms with Gasteiger partial charge in [-0.05, 0) is 42.5 Å². The highest BCUT2D eigenvalue weighted by Gasteiger charge is 2.32. The first-order valence-corrected chi connectivity index (χ1v) is 10.2. The molecule has 2 aromatic carbocycles. The summed E-state index contributed by atoms with van der Waals surface area (Å²) in [7, 11) is 0. The van der Waals surface area contributed by atoms with Crippen molar-refractivity contribution in [1.29, 1.82) is 0 Å². The number of hydrogen-bond acceptors (Lipinski definition) is 5. The second kappa shape index (κ2) is 8.32. The first-order valence-electron chi connectivity index (χ1n) is 8.60. The molecule has 1 saturated heterocycles. The lowest BCUT2D eigenvalue weighted by molar-refractivity contribution is 0.0442. The summed E-state index contributed by atoms with van der Waals surface area (Å²) in [4.78, 5) is 18.2. The number of amides is 2. The van der Waals surface area contributed by atoms with E-state index in [1.54, 1.807) is 4.90 Å². The molecular formula is C19H16Br2N4O3. The number of hydrogen-bond donors (Lipinski definition) is 1. The summed E-state index contributed by atoms with van der Waals surface area (Å²) in [6.45, 7) is 1.28. The molecule has 3 aromatic rings. The van der Waals surface area contributed by atoms with Gasteiger partial charge in [-0.3, -0.25) is 0 Å². The molecule has 4 rings (SSSR count). The summed E-state index contributed by atoms with van der Waals surface area (Å²) < 4.78 is 13.0. The number of halogens is 2. The second-order valence-corrected chi connectivity index (χ2v) is 8.11. The summed E-state index contributed by atoms with van der Waals surface area (Å²) >= 11 is 6.80. The number of urea groups is 1. The van der Waals surface area contributed by atoms with Crippen LogP contribution in [0.15, 0.2) is 62.0 Å². The maximum absolute atomic E-state index is 12.2. The summed E-state index contributed by atoms with van der Waals surface area (Å²) in [6.07, 6.45) is 0.000214. The van der Waals surface area contributed by atoms with Gasteiger partial charge in [-0.25, -0.2) is 4.79 Å². The van der Waals surface area contributed by atoms with Gasteiger partial charge in [-0.15, -0.1) is 0 Å². The lowest BCUT2D eigenvalue weighted by atomic mass is 10.2. The number of nitrogens with one attached hydrogen (secondary N) is 1. The molecule has 0 bridgehead atoms. The van der Waals surface area contributed by atoms with Crippen molar-refractivity contribution in [2.24, 2.45) is 0 Å². The first kappa shape index (κ1) is 18.9. The number of aromatic nitrogens is 2. The van der Waals surface area contributed by atoms with Crippen LogP contribution in [0, 0.1) is 0 Å². The van der Waals surface area contributed by atoms with Gasteiger partial charge in [-0.2, -0.15) is 4.98 Å². The van der Waals surface area contributed by atoms with Crippen LogP contribution in [0.25, 0.3) is 11.5 Å². The Morgan fingerprint density at radius 3 is 2.71 bits per heavy atom. The Labute approximate surface area is 178 Å². The molecule has 2 amide bonds. The molecule has 0 spiro atoms. The minimum atomic E-state index is -0.176. The van der Waals surface area contributed by atoms with Crippen molar-refractivity contribution in [1.82, 2.24) is 20.4 Å². The highest BCUT2D eigenvalue weighted by atomic mass is 79.9. The zero-order chi connectivity index (χ0) is 19.5. The van der Waals surface area contributed by atoms with E-state index in [4.69, 9.17) is 9.26 Å². The maximum atomic E-state index is 12.2. The van der Waals surface area contributed by atoms with Gasteiger partial charge < -0.3 is 19.5 Å². The van der Waals surface area contributed by atoms with Crippen molar-refractivity contribution in [3.63, 3.8) is 0 Å². The van der Waals surface area contributed by atoms with E-state index in [0.717, 1.165) is 20.3 Å². The van der Waals surface area contributed by atoms with E-state index in [2.05, 4.69) is 47.3 Å². The van der Waals surface area contributed by atoms with Crippen LogP contribution in [0.1, 0.15) is 5.82 Å². The fraction of sp³-hybridized carbons (Fsp3) is 0.211. The third-order valence-electron chi connectivity index (χ3n) is 4.19. The molecule has 28 heavy (non-hydrogen) atoms. The van der Waals surface area contributed by atoms with Gasteiger partial charge in [0.15, 0.2) is 5.82 Å². The van der Waals surface area contributed by atoms with Crippen LogP contribution in [-0.4, -0.2) is 40.3 Å². The Kier molecular flexibility index (Phi) is 5.63. The van der Waals surface area contributed by atoms with E-state index >= 15 is 0 Å². The minimum absolute atomic E-state index is 0.000214. The molecular weight excluding hydrogens is 492 g/mol. The van der Waals surface area contributed by atoms with Crippen LogP contribution in [-0.2, 0) is 6.54 Å². The third kappa shape index (κ3) is 4.53. The largest absolute Gasteiger partial charge is 0.487 e. The minimum Gasteiger partial charge on any atom is -0.487 e. The molecule has 9 heteroatoms. The molecule has 0 aliphatic carbocycles. The van der Waals surface area contributed by atoms with Gasteiger partial charge in [0.1, 0.15) is 11.9 Å². The van der Waals surface area contributed by atoms with Gasteiger partial charge >= 0.3 is 6.03 Å². The van der Waals surface area contributed by atoms with Gasteiger partial charge in [0.2, 0.25) is 0 Å².